The lowest BCUT2D eigenvalue weighted by Gasteiger charge is -2.33. The molecule has 176 valence electrons. The number of fused-ring (bicyclic) bond motifs is 1. The van der Waals surface area contributed by atoms with Crippen LogP contribution in [-0.2, 0) is 9.59 Å². The second kappa shape index (κ2) is 9.54. The minimum atomic E-state index is -0.220. The van der Waals surface area contributed by atoms with Crippen LogP contribution in [0.1, 0.15) is 37.3 Å². The first-order valence-corrected chi connectivity index (χ1v) is 12.5. The standard InChI is InChI=1S/C26H27N3O4S/c1-17-6-9-20(10-7-17)29-25(31)21(13-19-8-11-22-23(14-19)33-16-32-22)27-26(29)34-15-24(30)28-12-4-3-5-18(28)2/h6-11,13-14,18H,3-5,12,15-16H2,1-2H3. The molecule has 3 heterocycles. The quantitative estimate of drug-likeness (QED) is 0.602. The average molecular weight is 478 g/mol. The molecular formula is C26H27N3O4S. The summed E-state index contributed by atoms with van der Waals surface area (Å²) in [5.74, 6) is 1.45. The highest BCUT2D eigenvalue weighted by atomic mass is 32.2. The number of hydrogen-bond acceptors (Lipinski definition) is 6. The minimum Gasteiger partial charge on any atom is -0.454 e. The molecular weight excluding hydrogens is 450 g/mol. The van der Waals surface area contributed by atoms with E-state index >= 15 is 0 Å². The van der Waals surface area contributed by atoms with Gasteiger partial charge in [0, 0.05) is 12.6 Å². The number of hydrogen-bond donors (Lipinski definition) is 0. The Morgan fingerprint density at radius 3 is 2.74 bits per heavy atom. The average Bonchev–Trinajstić information content (AvgIpc) is 3.42. The number of aryl methyl sites for hydroxylation is 1. The highest BCUT2D eigenvalue weighted by molar-refractivity contribution is 8.14. The van der Waals surface area contributed by atoms with Crippen molar-refractivity contribution in [2.24, 2.45) is 4.99 Å². The fraction of sp³-hybridized carbons (Fsp3) is 0.346. The normalized spacial score (nSPS) is 20.8. The molecule has 0 N–H and O–H groups in total. The number of thioether (sulfide) groups is 1. The van der Waals surface area contributed by atoms with Gasteiger partial charge in [0.05, 0.1) is 11.4 Å². The summed E-state index contributed by atoms with van der Waals surface area (Å²) in [6.07, 6.45) is 4.98. The molecule has 0 radical (unpaired) electrons. The van der Waals surface area contributed by atoms with Gasteiger partial charge in [-0.2, -0.15) is 0 Å². The number of ether oxygens (including phenoxy) is 2. The third-order valence-electron chi connectivity index (χ3n) is 6.27. The molecule has 3 aliphatic rings. The van der Waals surface area contributed by atoms with Crippen LogP contribution in [0.15, 0.2) is 53.2 Å². The Bertz CT molecular complexity index is 1180. The summed E-state index contributed by atoms with van der Waals surface area (Å²) in [5.41, 5.74) is 2.95. The zero-order valence-electron chi connectivity index (χ0n) is 19.3. The van der Waals surface area contributed by atoms with Gasteiger partial charge < -0.3 is 14.4 Å². The van der Waals surface area contributed by atoms with Crippen molar-refractivity contribution in [2.75, 3.05) is 24.0 Å². The fourth-order valence-electron chi connectivity index (χ4n) is 4.35. The first kappa shape index (κ1) is 22.5. The van der Waals surface area contributed by atoms with Crippen molar-refractivity contribution in [3.63, 3.8) is 0 Å². The van der Waals surface area contributed by atoms with Crippen molar-refractivity contribution < 1.29 is 19.1 Å². The number of carbonyl (C=O) groups excluding carboxylic acids is 2. The first-order chi connectivity index (χ1) is 16.5. The SMILES string of the molecule is Cc1ccc(N2C(=O)C(=Cc3ccc4c(c3)OCO4)N=C2SCC(=O)N2CCCCC2C)cc1. The van der Waals surface area contributed by atoms with Crippen LogP contribution in [0.25, 0.3) is 6.08 Å². The number of likely N-dealkylation sites (tertiary alicyclic amines) is 1. The summed E-state index contributed by atoms with van der Waals surface area (Å²) in [4.78, 5) is 34.5. The van der Waals surface area contributed by atoms with Crippen molar-refractivity contribution in [1.29, 1.82) is 0 Å². The second-order valence-electron chi connectivity index (χ2n) is 8.73. The largest absolute Gasteiger partial charge is 0.454 e. The Balaban J connectivity index is 1.41. The zero-order chi connectivity index (χ0) is 23.7. The van der Waals surface area contributed by atoms with Gasteiger partial charge in [-0.3, -0.25) is 14.5 Å². The van der Waals surface area contributed by atoms with E-state index in [1.807, 2.05) is 54.3 Å². The van der Waals surface area contributed by atoms with Gasteiger partial charge in [0.15, 0.2) is 16.7 Å². The molecule has 5 rings (SSSR count). The minimum absolute atomic E-state index is 0.0874. The van der Waals surface area contributed by atoms with Crippen molar-refractivity contribution in [2.45, 2.75) is 39.2 Å². The highest BCUT2D eigenvalue weighted by Crippen LogP contribution is 2.35. The first-order valence-electron chi connectivity index (χ1n) is 11.5. The summed E-state index contributed by atoms with van der Waals surface area (Å²) in [6, 6.07) is 13.5. The van der Waals surface area contributed by atoms with Crippen LogP contribution in [0.5, 0.6) is 11.5 Å². The van der Waals surface area contributed by atoms with Crippen LogP contribution in [-0.4, -0.2) is 47.0 Å². The van der Waals surface area contributed by atoms with Crippen LogP contribution in [0.3, 0.4) is 0 Å². The van der Waals surface area contributed by atoms with Crippen LogP contribution in [0.4, 0.5) is 5.69 Å². The van der Waals surface area contributed by atoms with Gasteiger partial charge in [-0.1, -0.05) is 35.5 Å². The molecule has 7 nitrogen and oxygen atoms in total. The number of benzene rings is 2. The van der Waals surface area contributed by atoms with Gasteiger partial charge in [-0.15, -0.1) is 0 Å². The number of nitrogens with zero attached hydrogens (tertiary/aromatic N) is 3. The van der Waals surface area contributed by atoms with Gasteiger partial charge >= 0.3 is 0 Å². The monoisotopic (exact) mass is 477 g/mol. The fourth-order valence-corrected chi connectivity index (χ4v) is 5.25. The van der Waals surface area contributed by atoms with Gasteiger partial charge in [-0.25, -0.2) is 4.99 Å². The predicted molar refractivity (Wildman–Crippen MR) is 134 cm³/mol. The smallest absolute Gasteiger partial charge is 0.283 e. The van der Waals surface area contributed by atoms with Crippen LogP contribution < -0.4 is 14.4 Å². The lowest BCUT2D eigenvalue weighted by molar-refractivity contribution is -0.131. The predicted octanol–water partition coefficient (Wildman–Crippen LogP) is 4.60. The lowest BCUT2D eigenvalue weighted by atomic mass is 10.0. The molecule has 2 aromatic rings. The summed E-state index contributed by atoms with van der Waals surface area (Å²) in [5, 5.41) is 0.513. The van der Waals surface area contributed by atoms with Crippen molar-refractivity contribution in [3.8, 4) is 11.5 Å². The molecule has 1 saturated heterocycles. The molecule has 0 aliphatic carbocycles. The summed E-state index contributed by atoms with van der Waals surface area (Å²) in [6.45, 7) is 5.09. The van der Waals surface area contributed by atoms with Crippen molar-refractivity contribution >= 4 is 40.5 Å². The Morgan fingerprint density at radius 1 is 1.15 bits per heavy atom. The molecule has 0 aromatic heterocycles. The molecule has 1 atom stereocenters. The number of amides is 2. The van der Waals surface area contributed by atoms with Gasteiger partial charge in [-0.05, 0) is 69.0 Å². The van der Waals surface area contributed by atoms with E-state index in [1.54, 1.807) is 11.0 Å². The third-order valence-corrected chi connectivity index (χ3v) is 7.19. The number of piperidine rings is 1. The van der Waals surface area contributed by atoms with Gasteiger partial charge in [0.2, 0.25) is 12.7 Å². The van der Waals surface area contributed by atoms with E-state index < -0.39 is 0 Å². The van der Waals surface area contributed by atoms with E-state index in [2.05, 4.69) is 11.9 Å². The zero-order valence-corrected chi connectivity index (χ0v) is 20.1. The van der Waals surface area contributed by atoms with Crippen LogP contribution >= 0.6 is 11.8 Å². The van der Waals surface area contributed by atoms with Crippen LogP contribution in [0.2, 0.25) is 0 Å². The molecule has 2 amide bonds. The molecule has 0 spiro atoms. The summed E-state index contributed by atoms with van der Waals surface area (Å²) >= 11 is 1.31. The van der Waals surface area contributed by atoms with E-state index in [4.69, 9.17) is 9.47 Å². The molecule has 3 aliphatic heterocycles. The van der Waals surface area contributed by atoms with Crippen LogP contribution in [0, 0.1) is 6.92 Å². The number of rotatable bonds is 4. The maximum absolute atomic E-state index is 13.4. The molecule has 1 fully saturated rings. The van der Waals surface area contributed by atoms with E-state index in [-0.39, 0.29) is 30.4 Å². The summed E-state index contributed by atoms with van der Waals surface area (Å²) in [7, 11) is 0. The molecule has 8 heteroatoms. The number of amidine groups is 1. The molecule has 0 saturated carbocycles. The van der Waals surface area contributed by atoms with E-state index in [0.29, 0.717) is 22.4 Å². The molecule has 34 heavy (non-hydrogen) atoms. The summed E-state index contributed by atoms with van der Waals surface area (Å²) < 4.78 is 10.8. The maximum atomic E-state index is 13.4. The molecule has 0 bridgehead atoms. The lowest BCUT2D eigenvalue weighted by Crippen LogP contribution is -2.43. The highest BCUT2D eigenvalue weighted by Gasteiger charge is 2.33. The third kappa shape index (κ3) is 4.55. The number of anilines is 1. The van der Waals surface area contributed by atoms with E-state index in [1.165, 1.54) is 11.8 Å². The molecule has 2 aromatic carbocycles. The van der Waals surface area contributed by atoms with E-state index in [9.17, 15) is 9.59 Å². The Morgan fingerprint density at radius 2 is 1.94 bits per heavy atom. The van der Waals surface area contributed by atoms with E-state index in [0.717, 1.165) is 42.6 Å². The topological polar surface area (TPSA) is 71.4 Å². The Hall–Kier alpha value is -3.26. The van der Waals surface area contributed by atoms with Crippen molar-refractivity contribution in [1.82, 2.24) is 4.90 Å². The number of aliphatic imine (C=N–C) groups is 1. The Kier molecular flexibility index (Phi) is 6.32. The Labute approximate surface area is 203 Å². The second-order valence-corrected chi connectivity index (χ2v) is 9.68. The maximum Gasteiger partial charge on any atom is 0.283 e. The molecule has 1 unspecified atom stereocenters. The van der Waals surface area contributed by atoms with Crippen molar-refractivity contribution in [3.05, 3.63) is 59.3 Å². The van der Waals surface area contributed by atoms with Gasteiger partial charge in [0.1, 0.15) is 5.70 Å². The number of carbonyl (C=O) groups is 2. The van der Waals surface area contributed by atoms with Gasteiger partial charge in [0.25, 0.3) is 5.91 Å².